The molecular formula is C23H19ClN2O4. The van der Waals surface area contributed by atoms with Crippen LogP contribution in [0.4, 0.5) is 0 Å². The van der Waals surface area contributed by atoms with E-state index in [1.807, 2.05) is 6.92 Å². The van der Waals surface area contributed by atoms with Crippen LogP contribution in [-0.2, 0) is 0 Å². The highest BCUT2D eigenvalue weighted by atomic mass is 35.5. The SMILES string of the molecule is CCOc1ccc(C(=O)N/N=C/c2cccc(OC(=O)c3ccc(Cl)cc3)c2)cc1. The number of nitrogens with one attached hydrogen (secondary N) is 1. The van der Waals surface area contributed by atoms with Crippen molar-refractivity contribution in [2.45, 2.75) is 6.92 Å². The second-order valence-corrected chi connectivity index (χ2v) is 6.56. The van der Waals surface area contributed by atoms with Crippen LogP contribution in [0.15, 0.2) is 77.9 Å². The predicted molar refractivity (Wildman–Crippen MR) is 116 cm³/mol. The lowest BCUT2D eigenvalue weighted by atomic mass is 10.2. The Kier molecular flexibility index (Phi) is 7.19. The molecule has 3 aromatic rings. The summed E-state index contributed by atoms with van der Waals surface area (Å²) in [6.45, 7) is 2.45. The maximum absolute atomic E-state index is 12.2. The number of rotatable bonds is 7. The van der Waals surface area contributed by atoms with E-state index < -0.39 is 5.97 Å². The summed E-state index contributed by atoms with van der Waals surface area (Å²) in [5, 5.41) is 4.49. The van der Waals surface area contributed by atoms with Gasteiger partial charge in [-0.05, 0) is 73.2 Å². The number of ether oxygens (including phenoxy) is 2. The average molecular weight is 423 g/mol. The Morgan fingerprint density at radius 2 is 1.67 bits per heavy atom. The van der Waals surface area contributed by atoms with E-state index in [0.29, 0.717) is 39.8 Å². The van der Waals surface area contributed by atoms with Gasteiger partial charge in [-0.15, -0.1) is 0 Å². The lowest BCUT2D eigenvalue weighted by Crippen LogP contribution is -2.17. The third kappa shape index (κ3) is 5.93. The molecule has 1 N–H and O–H groups in total. The van der Waals surface area contributed by atoms with E-state index >= 15 is 0 Å². The number of esters is 1. The van der Waals surface area contributed by atoms with E-state index in [-0.39, 0.29) is 5.91 Å². The Morgan fingerprint density at radius 1 is 0.967 bits per heavy atom. The molecule has 0 atom stereocenters. The highest BCUT2D eigenvalue weighted by Crippen LogP contribution is 2.16. The standard InChI is InChI=1S/C23H19ClN2O4/c1-2-29-20-12-8-17(9-13-20)22(27)26-25-15-16-4-3-5-21(14-16)30-23(28)18-6-10-19(24)11-7-18/h3-15H,2H2,1H3,(H,26,27)/b25-15+. The number of hydrogen-bond donors (Lipinski definition) is 1. The molecule has 0 aliphatic carbocycles. The van der Waals surface area contributed by atoms with Crippen LogP contribution in [0.25, 0.3) is 0 Å². The number of carbonyl (C=O) groups excluding carboxylic acids is 2. The zero-order valence-corrected chi connectivity index (χ0v) is 16.9. The molecule has 3 aromatic carbocycles. The summed E-state index contributed by atoms with van der Waals surface area (Å²) in [7, 11) is 0. The van der Waals surface area contributed by atoms with Crippen molar-refractivity contribution < 1.29 is 19.1 Å². The van der Waals surface area contributed by atoms with Crippen molar-refractivity contribution in [1.82, 2.24) is 5.43 Å². The molecule has 3 rings (SSSR count). The molecule has 0 aromatic heterocycles. The monoisotopic (exact) mass is 422 g/mol. The summed E-state index contributed by atoms with van der Waals surface area (Å²) in [6, 6.07) is 20.0. The second-order valence-electron chi connectivity index (χ2n) is 6.13. The highest BCUT2D eigenvalue weighted by Gasteiger charge is 2.09. The topological polar surface area (TPSA) is 77.0 Å². The van der Waals surface area contributed by atoms with Crippen molar-refractivity contribution in [3.8, 4) is 11.5 Å². The third-order valence-corrected chi connectivity index (χ3v) is 4.21. The van der Waals surface area contributed by atoms with E-state index in [2.05, 4.69) is 10.5 Å². The van der Waals surface area contributed by atoms with Crippen LogP contribution in [0.2, 0.25) is 5.02 Å². The van der Waals surface area contributed by atoms with Crippen molar-refractivity contribution in [2.24, 2.45) is 5.10 Å². The van der Waals surface area contributed by atoms with Crippen LogP contribution in [0.3, 0.4) is 0 Å². The molecule has 1 amide bonds. The van der Waals surface area contributed by atoms with Gasteiger partial charge in [0.2, 0.25) is 0 Å². The molecule has 0 saturated carbocycles. The van der Waals surface area contributed by atoms with Crippen LogP contribution in [0, 0.1) is 0 Å². The average Bonchev–Trinajstić information content (AvgIpc) is 2.75. The van der Waals surface area contributed by atoms with Crippen LogP contribution < -0.4 is 14.9 Å². The molecule has 0 spiro atoms. The van der Waals surface area contributed by atoms with Crippen molar-refractivity contribution in [3.63, 3.8) is 0 Å². The minimum atomic E-state index is -0.496. The maximum atomic E-state index is 12.2. The second kappa shape index (κ2) is 10.2. The fourth-order valence-electron chi connectivity index (χ4n) is 2.51. The number of hydrazone groups is 1. The first kappa shape index (κ1) is 21.1. The van der Waals surface area contributed by atoms with Crippen LogP contribution in [0.1, 0.15) is 33.2 Å². The molecule has 0 unspecified atom stereocenters. The van der Waals surface area contributed by atoms with Gasteiger partial charge in [-0.2, -0.15) is 5.10 Å². The number of amides is 1. The summed E-state index contributed by atoms with van der Waals surface area (Å²) in [5.74, 6) is 0.212. The quantitative estimate of drug-likeness (QED) is 0.258. The van der Waals surface area contributed by atoms with Gasteiger partial charge in [0.25, 0.3) is 5.91 Å². The Bertz CT molecular complexity index is 1050. The Labute approximate surface area is 179 Å². The smallest absolute Gasteiger partial charge is 0.343 e. The summed E-state index contributed by atoms with van der Waals surface area (Å²) in [6.07, 6.45) is 1.46. The van der Waals surface area contributed by atoms with E-state index in [1.165, 1.54) is 6.21 Å². The zero-order valence-electron chi connectivity index (χ0n) is 16.2. The fraction of sp³-hybridized carbons (Fsp3) is 0.0870. The van der Waals surface area contributed by atoms with Gasteiger partial charge < -0.3 is 9.47 Å². The minimum Gasteiger partial charge on any atom is -0.494 e. The summed E-state index contributed by atoms with van der Waals surface area (Å²) in [4.78, 5) is 24.3. The molecule has 6 nitrogen and oxygen atoms in total. The fourth-order valence-corrected chi connectivity index (χ4v) is 2.64. The molecule has 0 aliphatic heterocycles. The normalized spacial score (nSPS) is 10.6. The first-order valence-electron chi connectivity index (χ1n) is 9.19. The molecule has 0 heterocycles. The number of nitrogens with zero attached hydrogens (tertiary/aromatic N) is 1. The first-order valence-corrected chi connectivity index (χ1v) is 9.57. The van der Waals surface area contributed by atoms with Crippen molar-refractivity contribution in [2.75, 3.05) is 6.61 Å². The van der Waals surface area contributed by atoms with Crippen LogP contribution >= 0.6 is 11.6 Å². The zero-order chi connectivity index (χ0) is 21.3. The van der Waals surface area contributed by atoms with Gasteiger partial charge in [-0.3, -0.25) is 4.79 Å². The van der Waals surface area contributed by atoms with Gasteiger partial charge in [-0.1, -0.05) is 23.7 Å². The first-order chi connectivity index (χ1) is 14.5. The Hall–Kier alpha value is -3.64. The molecule has 152 valence electrons. The van der Waals surface area contributed by atoms with Crippen molar-refractivity contribution in [1.29, 1.82) is 0 Å². The van der Waals surface area contributed by atoms with Crippen LogP contribution in [0.5, 0.6) is 11.5 Å². The molecule has 0 radical (unpaired) electrons. The molecule has 7 heteroatoms. The number of benzene rings is 3. The number of carbonyl (C=O) groups is 2. The molecule has 0 saturated heterocycles. The number of halogens is 1. The van der Waals surface area contributed by atoms with Crippen molar-refractivity contribution in [3.05, 3.63) is 94.5 Å². The lowest BCUT2D eigenvalue weighted by molar-refractivity contribution is 0.0734. The molecule has 0 aliphatic rings. The lowest BCUT2D eigenvalue weighted by Gasteiger charge is -2.05. The van der Waals surface area contributed by atoms with Crippen LogP contribution in [-0.4, -0.2) is 24.7 Å². The van der Waals surface area contributed by atoms with E-state index in [0.717, 1.165) is 0 Å². The summed E-state index contributed by atoms with van der Waals surface area (Å²) >= 11 is 5.82. The van der Waals surface area contributed by atoms with Gasteiger partial charge in [0, 0.05) is 10.6 Å². The Balaban J connectivity index is 1.59. The number of hydrogen-bond acceptors (Lipinski definition) is 5. The van der Waals surface area contributed by atoms with E-state index in [4.69, 9.17) is 21.1 Å². The largest absolute Gasteiger partial charge is 0.494 e. The third-order valence-electron chi connectivity index (χ3n) is 3.96. The maximum Gasteiger partial charge on any atom is 0.343 e. The van der Waals surface area contributed by atoms with E-state index in [1.54, 1.807) is 72.8 Å². The highest BCUT2D eigenvalue weighted by molar-refractivity contribution is 6.30. The summed E-state index contributed by atoms with van der Waals surface area (Å²) in [5.41, 5.74) is 3.97. The molecule has 30 heavy (non-hydrogen) atoms. The van der Waals surface area contributed by atoms with Gasteiger partial charge in [0.15, 0.2) is 0 Å². The van der Waals surface area contributed by atoms with Crippen molar-refractivity contribution >= 4 is 29.7 Å². The molecular weight excluding hydrogens is 404 g/mol. The van der Waals surface area contributed by atoms with Gasteiger partial charge in [-0.25, -0.2) is 10.2 Å². The Morgan fingerprint density at radius 3 is 2.37 bits per heavy atom. The minimum absolute atomic E-state index is 0.348. The predicted octanol–water partition coefficient (Wildman–Crippen LogP) is 4.72. The van der Waals surface area contributed by atoms with Gasteiger partial charge in [0.1, 0.15) is 11.5 Å². The van der Waals surface area contributed by atoms with E-state index in [9.17, 15) is 9.59 Å². The molecule has 0 bridgehead atoms. The summed E-state index contributed by atoms with van der Waals surface area (Å²) < 4.78 is 10.7. The molecule has 0 fully saturated rings. The van der Waals surface area contributed by atoms with Gasteiger partial charge >= 0.3 is 5.97 Å². The van der Waals surface area contributed by atoms with Gasteiger partial charge in [0.05, 0.1) is 18.4 Å².